The Kier molecular flexibility index (Phi) is 4.79. The summed E-state index contributed by atoms with van der Waals surface area (Å²) in [5.41, 5.74) is 2.71. The number of aliphatic hydroxyl groups excluding tert-OH is 1. The zero-order chi connectivity index (χ0) is 19.6. The minimum Gasteiger partial charge on any atom is -0.396 e. The molecule has 0 spiro atoms. The van der Waals surface area contributed by atoms with Crippen molar-refractivity contribution in [2.45, 2.75) is 31.9 Å². The summed E-state index contributed by atoms with van der Waals surface area (Å²) in [4.78, 5) is 9.18. The van der Waals surface area contributed by atoms with Crippen LogP contribution in [0, 0.1) is 0 Å². The summed E-state index contributed by atoms with van der Waals surface area (Å²) in [6, 6.07) is 9.92. The Labute approximate surface area is 167 Å². The van der Waals surface area contributed by atoms with Gasteiger partial charge in [-0.05, 0) is 37.3 Å². The van der Waals surface area contributed by atoms with Crippen LogP contribution in [0.2, 0.25) is 0 Å². The zero-order valence-corrected chi connectivity index (χ0v) is 16.0. The Balaban J connectivity index is 1.57. The first-order chi connectivity index (χ1) is 14.3. The smallest absolute Gasteiger partial charge is 0.182 e. The predicted molar refractivity (Wildman–Crippen MR) is 108 cm³/mol. The number of rotatable bonds is 5. The van der Waals surface area contributed by atoms with Crippen LogP contribution in [0.3, 0.4) is 0 Å². The molecule has 1 N–H and O–H groups in total. The van der Waals surface area contributed by atoms with E-state index in [0.717, 1.165) is 48.0 Å². The number of ether oxygens (including phenoxy) is 1. The highest BCUT2D eigenvalue weighted by atomic mass is 16.5. The van der Waals surface area contributed by atoms with Gasteiger partial charge in [-0.1, -0.05) is 18.2 Å². The minimum absolute atomic E-state index is 0.0577. The van der Waals surface area contributed by atoms with Crippen LogP contribution in [0.5, 0.6) is 0 Å². The van der Waals surface area contributed by atoms with Gasteiger partial charge in [0.2, 0.25) is 0 Å². The number of benzene rings is 1. The third-order valence-corrected chi connectivity index (χ3v) is 5.17. The molecule has 5 rings (SSSR count). The molecule has 0 radical (unpaired) electrons. The summed E-state index contributed by atoms with van der Waals surface area (Å²) >= 11 is 0. The van der Waals surface area contributed by atoms with Crippen molar-refractivity contribution < 1.29 is 9.84 Å². The highest BCUT2D eigenvalue weighted by Crippen LogP contribution is 2.31. The molecule has 0 saturated carbocycles. The van der Waals surface area contributed by atoms with Gasteiger partial charge in [-0.15, -0.1) is 0 Å². The van der Waals surface area contributed by atoms with Crippen LogP contribution in [0.15, 0.2) is 48.9 Å². The number of aliphatic hydroxyl groups is 1. The molecule has 1 aromatic carbocycles. The van der Waals surface area contributed by atoms with Crippen molar-refractivity contribution >= 4 is 10.9 Å². The SMILES string of the molecule is OCCc1cnn(-c2ccnc(-c3nn(C4CCCCO4)c4ccccc34)n2)c1. The Morgan fingerprint density at radius 3 is 2.97 bits per heavy atom. The number of hydrogen-bond donors (Lipinski definition) is 1. The number of hydrogen-bond acceptors (Lipinski definition) is 6. The maximum atomic E-state index is 9.12. The van der Waals surface area contributed by atoms with E-state index in [1.54, 1.807) is 17.1 Å². The van der Waals surface area contributed by atoms with Crippen molar-refractivity contribution in [2.24, 2.45) is 0 Å². The van der Waals surface area contributed by atoms with E-state index >= 15 is 0 Å². The first kappa shape index (κ1) is 18.0. The van der Waals surface area contributed by atoms with Crippen molar-refractivity contribution in [3.05, 3.63) is 54.5 Å². The average Bonchev–Trinajstić information content (AvgIpc) is 3.40. The van der Waals surface area contributed by atoms with Crippen LogP contribution in [0.25, 0.3) is 28.2 Å². The van der Waals surface area contributed by atoms with Crippen molar-refractivity contribution in [1.82, 2.24) is 29.5 Å². The summed E-state index contributed by atoms with van der Waals surface area (Å²) in [6.07, 6.45) is 9.01. The molecule has 1 atom stereocenters. The van der Waals surface area contributed by atoms with Crippen LogP contribution in [-0.2, 0) is 11.2 Å². The summed E-state index contributed by atoms with van der Waals surface area (Å²) in [5, 5.41) is 19.3. The highest BCUT2D eigenvalue weighted by molar-refractivity contribution is 5.91. The second kappa shape index (κ2) is 7.73. The molecule has 4 aromatic rings. The van der Waals surface area contributed by atoms with E-state index in [2.05, 4.69) is 16.1 Å². The van der Waals surface area contributed by atoms with Crippen molar-refractivity contribution in [3.8, 4) is 17.3 Å². The van der Waals surface area contributed by atoms with Gasteiger partial charge >= 0.3 is 0 Å². The molecule has 1 unspecified atom stereocenters. The summed E-state index contributed by atoms with van der Waals surface area (Å²) in [5.74, 6) is 1.21. The molecular formula is C21H22N6O2. The molecule has 29 heavy (non-hydrogen) atoms. The van der Waals surface area contributed by atoms with Crippen LogP contribution in [0.1, 0.15) is 31.1 Å². The van der Waals surface area contributed by atoms with Gasteiger partial charge in [0.1, 0.15) is 5.69 Å². The minimum atomic E-state index is -0.0577. The van der Waals surface area contributed by atoms with Gasteiger partial charge in [0.25, 0.3) is 0 Å². The van der Waals surface area contributed by atoms with Gasteiger partial charge in [0.15, 0.2) is 17.9 Å². The lowest BCUT2D eigenvalue weighted by Gasteiger charge is -2.23. The monoisotopic (exact) mass is 390 g/mol. The fourth-order valence-corrected chi connectivity index (χ4v) is 3.72. The molecule has 1 aliphatic heterocycles. The van der Waals surface area contributed by atoms with E-state index in [1.165, 1.54) is 0 Å². The lowest BCUT2D eigenvalue weighted by atomic mass is 10.1. The van der Waals surface area contributed by atoms with Gasteiger partial charge in [0.05, 0.1) is 11.7 Å². The maximum Gasteiger partial charge on any atom is 0.182 e. The van der Waals surface area contributed by atoms with Crippen LogP contribution < -0.4 is 0 Å². The molecule has 1 aliphatic rings. The number of fused-ring (bicyclic) bond motifs is 1. The van der Waals surface area contributed by atoms with E-state index in [4.69, 9.17) is 19.9 Å². The van der Waals surface area contributed by atoms with E-state index in [1.807, 2.05) is 35.1 Å². The average molecular weight is 390 g/mol. The number of para-hydroxylation sites is 1. The van der Waals surface area contributed by atoms with Crippen molar-refractivity contribution in [3.63, 3.8) is 0 Å². The highest BCUT2D eigenvalue weighted by Gasteiger charge is 2.22. The fourth-order valence-electron chi connectivity index (χ4n) is 3.72. The lowest BCUT2D eigenvalue weighted by molar-refractivity contribution is -0.0365. The molecule has 3 aromatic heterocycles. The molecule has 4 heterocycles. The van der Waals surface area contributed by atoms with Crippen LogP contribution in [-0.4, -0.2) is 47.8 Å². The molecule has 0 amide bonds. The molecule has 1 saturated heterocycles. The van der Waals surface area contributed by atoms with Gasteiger partial charge in [0, 0.05) is 37.1 Å². The van der Waals surface area contributed by atoms with E-state index in [9.17, 15) is 0 Å². The third-order valence-electron chi connectivity index (χ3n) is 5.17. The number of aromatic nitrogens is 6. The topological polar surface area (TPSA) is 90.9 Å². The molecule has 8 nitrogen and oxygen atoms in total. The quantitative estimate of drug-likeness (QED) is 0.563. The van der Waals surface area contributed by atoms with Gasteiger partial charge < -0.3 is 9.84 Å². The van der Waals surface area contributed by atoms with Crippen LogP contribution >= 0.6 is 0 Å². The Hall–Kier alpha value is -3.10. The predicted octanol–water partition coefficient (Wildman–Crippen LogP) is 2.91. The largest absolute Gasteiger partial charge is 0.396 e. The summed E-state index contributed by atoms with van der Waals surface area (Å²) in [7, 11) is 0. The molecular weight excluding hydrogens is 368 g/mol. The van der Waals surface area contributed by atoms with Gasteiger partial charge in [-0.3, -0.25) is 0 Å². The summed E-state index contributed by atoms with van der Waals surface area (Å²) < 4.78 is 9.62. The Bertz CT molecular complexity index is 1130. The molecule has 0 bridgehead atoms. The third kappa shape index (κ3) is 3.41. The molecule has 148 valence electrons. The second-order valence-electron chi connectivity index (χ2n) is 7.14. The molecule has 8 heteroatoms. The molecule has 0 aliphatic carbocycles. The van der Waals surface area contributed by atoms with E-state index < -0.39 is 0 Å². The summed E-state index contributed by atoms with van der Waals surface area (Å²) in [6.45, 7) is 0.850. The van der Waals surface area contributed by atoms with E-state index in [-0.39, 0.29) is 12.8 Å². The molecule has 1 fully saturated rings. The standard InChI is InChI=1S/C21H22N6O2/c28-11-9-15-13-23-26(14-15)18-8-10-22-21(24-18)20-16-5-1-2-6-17(16)27(25-20)19-7-3-4-12-29-19/h1-2,5-6,8,10,13-14,19,28H,3-4,7,9,11-12H2. The lowest BCUT2D eigenvalue weighted by Crippen LogP contribution is -2.19. The first-order valence-corrected chi connectivity index (χ1v) is 9.90. The Morgan fingerprint density at radius 1 is 1.17 bits per heavy atom. The normalized spacial score (nSPS) is 17.1. The maximum absolute atomic E-state index is 9.12. The second-order valence-corrected chi connectivity index (χ2v) is 7.14. The van der Waals surface area contributed by atoms with E-state index in [0.29, 0.717) is 18.1 Å². The van der Waals surface area contributed by atoms with Gasteiger partial charge in [-0.2, -0.15) is 10.2 Å². The first-order valence-electron chi connectivity index (χ1n) is 9.90. The van der Waals surface area contributed by atoms with Crippen molar-refractivity contribution in [2.75, 3.05) is 13.2 Å². The number of nitrogens with zero attached hydrogens (tertiary/aromatic N) is 6. The zero-order valence-electron chi connectivity index (χ0n) is 16.0. The van der Waals surface area contributed by atoms with Crippen LogP contribution in [0.4, 0.5) is 0 Å². The van der Waals surface area contributed by atoms with Crippen molar-refractivity contribution in [1.29, 1.82) is 0 Å². The fraction of sp³-hybridized carbons (Fsp3) is 0.333. The van der Waals surface area contributed by atoms with Gasteiger partial charge in [-0.25, -0.2) is 19.3 Å². The Morgan fingerprint density at radius 2 is 2.10 bits per heavy atom.